The lowest BCUT2D eigenvalue weighted by Gasteiger charge is -2.35. The second-order valence-corrected chi connectivity index (χ2v) is 8.91. The van der Waals surface area contributed by atoms with Crippen LogP contribution >= 0.6 is 22.7 Å². The summed E-state index contributed by atoms with van der Waals surface area (Å²) in [6, 6.07) is 9.23. The number of halogens is 1. The fraction of sp³-hybridized carbons (Fsp3) is 0.333. The highest BCUT2D eigenvalue weighted by Crippen LogP contribution is 2.28. The predicted octanol–water partition coefficient (Wildman–Crippen LogP) is 4.65. The quantitative estimate of drug-likeness (QED) is 0.660. The van der Waals surface area contributed by atoms with Crippen molar-refractivity contribution in [2.24, 2.45) is 0 Å². The number of thiophene rings is 1. The van der Waals surface area contributed by atoms with Crippen molar-refractivity contribution in [1.82, 2.24) is 10.3 Å². The fourth-order valence-corrected chi connectivity index (χ4v) is 5.16. The minimum Gasteiger partial charge on any atom is -0.367 e. The molecule has 2 aromatic heterocycles. The van der Waals surface area contributed by atoms with Gasteiger partial charge in [0.2, 0.25) is 5.91 Å². The van der Waals surface area contributed by atoms with Crippen LogP contribution in [0.15, 0.2) is 41.1 Å². The number of piperidine rings is 1. The summed E-state index contributed by atoms with van der Waals surface area (Å²) in [4.78, 5) is 20.2. The van der Waals surface area contributed by atoms with Crippen molar-refractivity contribution in [2.75, 3.05) is 18.0 Å². The van der Waals surface area contributed by atoms with Crippen molar-refractivity contribution in [3.05, 3.63) is 58.2 Å². The van der Waals surface area contributed by atoms with E-state index in [0.717, 1.165) is 40.5 Å². The van der Waals surface area contributed by atoms with E-state index < -0.39 is 0 Å². The Balaban J connectivity index is 1.36. The Kier molecular flexibility index (Phi) is 5.73. The molecular weight excluding hydrogens is 393 g/mol. The Labute approximate surface area is 172 Å². The fourth-order valence-electron chi connectivity index (χ4n) is 3.52. The molecule has 1 aliphatic rings. The first kappa shape index (κ1) is 19.1. The van der Waals surface area contributed by atoms with E-state index in [1.165, 1.54) is 6.07 Å². The van der Waals surface area contributed by atoms with E-state index in [1.807, 2.05) is 40.8 Å². The van der Waals surface area contributed by atoms with Crippen LogP contribution < -0.4 is 10.2 Å². The monoisotopic (exact) mass is 415 g/mol. The third-order valence-corrected chi connectivity index (χ3v) is 6.78. The highest BCUT2D eigenvalue weighted by atomic mass is 32.1. The molecule has 0 saturated carbocycles. The summed E-state index contributed by atoms with van der Waals surface area (Å²) in [5.41, 5.74) is 2.45. The lowest BCUT2D eigenvalue weighted by Crippen LogP contribution is -2.48. The van der Waals surface area contributed by atoms with Gasteiger partial charge >= 0.3 is 0 Å². The van der Waals surface area contributed by atoms with Crippen LogP contribution in [0.3, 0.4) is 0 Å². The molecule has 1 amide bonds. The summed E-state index contributed by atoms with van der Waals surface area (Å²) in [7, 11) is 0. The molecule has 7 heteroatoms. The number of nitrogens with one attached hydrogen (secondary N) is 1. The van der Waals surface area contributed by atoms with Gasteiger partial charge in [-0.2, -0.15) is 0 Å². The highest BCUT2D eigenvalue weighted by molar-refractivity contribution is 7.20. The minimum absolute atomic E-state index is 0.0246. The predicted molar refractivity (Wildman–Crippen MR) is 114 cm³/mol. The van der Waals surface area contributed by atoms with Gasteiger partial charge in [0.05, 0.1) is 22.7 Å². The smallest absolute Gasteiger partial charge is 0.226 e. The zero-order valence-electron chi connectivity index (χ0n) is 15.7. The number of benzene rings is 1. The SMILES string of the molecule is Cc1ccc(F)c(N2CCCC(NC(=O)Cc3csc(-c4cccs4)n3)C2)c1. The van der Waals surface area contributed by atoms with Crippen molar-refractivity contribution in [1.29, 1.82) is 0 Å². The van der Waals surface area contributed by atoms with Crippen molar-refractivity contribution in [3.63, 3.8) is 0 Å². The molecule has 4 nitrogen and oxygen atoms in total. The minimum atomic E-state index is -0.207. The molecule has 1 saturated heterocycles. The van der Waals surface area contributed by atoms with E-state index in [0.29, 0.717) is 12.2 Å². The Bertz CT molecular complexity index is 954. The normalized spacial score (nSPS) is 16.9. The van der Waals surface area contributed by atoms with Gasteiger partial charge in [0.15, 0.2) is 0 Å². The molecule has 146 valence electrons. The van der Waals surface area contributed by atoms with Crippen LogP contribution in [0.25, 0.3) is 9.88 Å². The maximum absolute atomic E-state index is 14.2. The van der Waals surface area contributed by atoms with Crippen LogP contribution in [0, 0.1) is 12.7 Å². The molecule has 4 rings (SSSR count). The van der Waals surface area contributed by atoms with E-state index in [4.69, 9.17) is 0 Å². The van der Waals surface area contributed by atoms with E-state index in [-0.39, 0.29) is 24.2 Å². The van der Waals surface area contributed by atoms with E-state index in [9.17, 15) is 9.18 Å². The summed E-state index contributed by atoms with van der Waals surface area (Å²) in [5, 5.41) is 8.04. The molecule has 28 heavy (non-hydrogen) atoms. The molecule has 0 bridgehead atoms. The van der Waals surface area contributed by atoms with E-state index in [1.54, 1.807) is 28.7 Å². The molecular formula is C21H22FN3OS2. The first-order valence-corrected chi connectivity index (χ1v) is 11.1. The Morgan fingerprint density at radius 1 is 1.36 bits per heavy atom. The molecule has 3 aromatic rings. The number of nitrogens with zero attached hydrogens (tertiary/aromatic N) is 2. The number of aryl methyl sites for hydroxylation is 1. The van der Waals surface area contributed by atoms with Gasteiger partial charge in [-0.05, 0) is 48.9 Å². The summed E-state index contributed by atoms with van der Waals surface area (Å²) in [5.74, 6) is -0.235. The van der Waals surface area contributed by atoms with Crippen molar-refractivity contribution < 1.29 is 9.18 Å². The number of aromatic nitrogens is 1. The highest BCUT2D eigenvalue weighted by Gasteiger charge is 2.23. The number of rotatable bonds is 5. The molecule has 0 spiro atoms. The van der Waals surface area contributed by atoms with Gasteiger partial charge in [0.1, 0.15) is 10.8 Å². The summed E-state index contributed by atoms with van der Waals surface area (Å²) >= 11 is 3.21. The summed E-state index contributed by atoms with van der Waals surface area (Å²) in [6.07, 6.45) is 2.11. The molecule has 0 aliphatic carbocycles. The zero-order valence-corrected chi connectivity index (χ0v) is 17.3. The van der Waals surface area contributed by atoms with Gasteiger partial charge in [-0.3, -0.25) is 4.79 Å². The van der Waals surface area contributed by atoms with Gasteiger partial charge in [0, 0.05) is 24.5 Å². The third-order valence-electron chi connectivity index (χ3n) is 4.85. The molecule has 1 aliphatic heterocycles. The molecule has 3 heterocycles. The van der Waals surface area contributed by atoms with Crippen LogP contribution in [0.4, 0.5) is 10.1 Å². The maximum Gasteiger partial charge on any atom is 0.226 e. The van der Waals surface area contributed by atoms with Gasteiger partial charge in [-0.25, -0.2) is 9.37 Å². The van der Waals surface area contributed by atoms with Gasteiger partial charge in [-0.15, -0.1) is 22.7 Å². The molecule has 1 aromatic carbocycles. The van der Waals surface area contributed by atoms with Crippen molar-refractivity contribution in [3.8, 4) is 9.88 Å². The number of carbonyl (C=O) groups is 1. The summed E-state index contributed by atoms with van der Waals surface area (Å²) in [6.45, 7) is 3.40. The number of hydrogen-bond donors (Lipinski definition) is 1. The van der Waals surface area contributed by atoms with Gasteiger partial charge in [-0.1, -0.05) is 12.1 Å². The van der Waals surface area contributed by atoms with Gasteiger partial charge in [0.25, 0.3) is 0 Å². The van der Waals surface area contributed by atoms with Crippen molar-refractivity contribution in [2.45, 2.75) is 32.2 Å². The van der Waals surface area contributed by atoms with Crippen LogP contribution in [0.2, 0.25) is 0 Å². The average molecular weight is 416 g/mol. The van der Waals surface area contributed by atoms with E-state index >= 15 is 0 Å². The Morgan fingerprint density at radius 2 is 2.25 bits per heavy atom. The van der Waals surface area contributed by atoms with Crippen LogP contribution in [-0.4, -0.2) is 30.0 Å². The first-order chi connectivity index (χ1) is 13.6. The van der Waals surface area contributed by atoms with E-state index in [2.05, 4.69) is 10.3 Å². The lowest BCUT2D eigenvalue weighted by molar-refractivity contribution is -0.121. The molecule has 1 N–H and O–H groups in total. The average Bonchev–Trinajstić information content (AvgIpc) is 3.35. The molecule has 1 fully saturated rings. The second-order valence-electron chi connectivity index (χ2n) is 7.11. The largest absolute Gasteiger partial charge is 0.367 e. The third kappa shape index (κ3) is 4.42. The topological polar surface area (TPSA) is 45.2 Å². The summed E-state index contributed by atoms with van der Waals surface area (Å²) < 4.78 is 14.2. The Morgan fingerprint density at radius 3 is 3.07 bits per heavy atom. The molecule has 1 unspecified atom stereocenters. The number of thiazole rings is 1. The number of carbonyl (C=O) groups excluding carboxylic acids is 1. The lowest BCUT2D eigenvalue weighted by atomic mass is 10.0. The molecule has 1 atom stereocenters. The second kappa shape index (κ2) is 8.41. The van der Waals surface area contributed by atoms with Crippen LogP contribution in [0.5, 0.6) is 0 Å². The number of amides is 1. The zero-order chi connectivity index (χ0) is 19.5. The maximum atomic E-state index is 14.2. The number of anilines is 1. The van der Waals surface area contributed by atoms with Gasteiger partial charge < -0.3 is 10.2 Å². The van der Waals surface area contributed by atoms with Crippen molar-refractivity contribution >= 4 is 34.3 Å². The molecule has 0 radical (unpaired) electrons. The van der Waals surface area contributed by atoms with Crippen LogP contribution in [0.1, 0.15) is 24.1 Å². The standard InChI is InChI=1S/C21H22FN3OS2/c1-14-6-7-17(22)18(10-14)25-8-2-4-15(12-25)23-20(26)11-16-13-28-21(24-16)19-5-3-9-27-19/h3,5-7,9-10,13,15H,2,4,8,11-12H2,1H3,(H,23,26). The number of hydrogen-bond acceptors (Lipinski definition) is 5. The Hall–Kier alpha value is -2.25. The van der Waals surface area contributed by atoms with Crippen LogP contribution in [-0.2, 0) is 11.2 Å². The first-order valence-electron chi connectivity index (χ1n) is 9.37.